The van der Waals surface area contributed by atoms with Gasteiger partial charge in [-0.3, -0.25) is 0 Å². The number of unbranched alkanes of at least 4 members (excludes halogenated alkanes) is 2. The number of nitrogens with one attached hydrogen (secondary N) is 1. The van der Waals surface area contributed by atoms with Crippen molar-refractivity contribution in [3.63, 3.8) is 0 Å². The van der Waals surface area contributed by atoms with Crippen molar-refractivity contribution in [3.8, 4) is 0 Å². The highest BCUT2D eigenvalue weighted by Crippen LogP contribution is 2.22. The van der Waals surface area contributed by atoms with E-state index < -0.39 is 0 Å². The molecule has 1 atom stereocenters. The summed E-state index contributed by atoms with van der Waals surface area (Å²) < 4.78 is 0. The Bertz CT molecular complexity index is 176. The van der Waals surface area contributed by atoms with E-state index in [0.717, 1.165) is 19.5 Å². The number of nitrogens with two attached hydrogens (primary N) is 1. The minimum Gasteiger partial charge on any atom is -0.327 e. The van der Waals surface area contributed by atoms with Gasteiger partial charge < -0.3 is 11.1 Å². The Kier molecular flexibility index (Phi) is 8.89. The fourth-order valence-corrected chi connectivity index (χ4v) is 1.97. The van der Waals surface area contributed by atoms with Crippen molar-refractivity contribution in [2.24, 2.45) is 17.1 Å². The second-order valence-corrected chi connectivity index (χ2v) is 6.49. The van der Waals surface area contributed by atoms with Gasteiger partial charge in [0.2, 0.25) is 0 Å². The molecule has 1 unspecified atom stereocenters. The third-order valence-corrected chi connectivity index (χ3v) is 3.57. The summed E-state index contributed by atoms with van der Waals surface area (Å²) in [6.07, 6.45) is 6.44. The molecule has 2 nitrogen and oxygen atoms in total. The Morgan fingerprint density at radius 3 is 2.35 bits per heavy atom. The topological polar surface area (TPSA) is 38.0 Å². The summed E-state index contributed by atoms with van der Waals surface area (Å²) in [5, 5.41) is 3.56. The number of rotatable bonds is 10. The van der Waals surface area contributed by atoms with Crippen molar-refractivity contribution in [3.05, 3.63) is 0 Å². The lowest BCUT2D eigenvalue weighted by Gasteiger charge is -2.25. The zero-order valence-electron chi connectivity index (χ0n) is 12.7. The van der Waals surface area contributed by atoms with Crippen LogP contribution in [0.3, 0.4) is 0 Å². The standard InChI is InChI=1S/C15H34N2/c1-6-7-8-10-15(4,5)12-17-11-9-14(16)13(2)3/h13-14,17H,6-12,16H2,1-5H3. The zero-order valence-corrected chi connectivity index (χ0v) is 12.7. The maximum absolute atomic E-state index is 6.02. The average Bonchev–Trinajstić information content (AvgIpc) is 2.24. The van der Waals surface area contributed by atoms with E-state index in [1.54, 1.807) is 0 Å². The summed E-state index contributed by atoms with van der Waals surface area (Å²) in [6, 6.07) is 0.339. The van der Waals surface area contributed by atoms with E-state index in [1.165, 1.54) is 25.7 Å². The zero-order chi connectivity index (χ0) is 13.3. The monoisotopic (exact) mass is 242 g/mol. The smallest absolute Gasteiger partial charge is 0.00739 e. The third kappa shape index (κ3) is 9.61. The minimum absolute atomic E-state index is 0.339. The van der Waals surface area contributed by atoms with Gasteiger partial charge in [0.05, 0.1) is 0 Å². The van der Waals surface area contributed by atoms with Gasteiger partial charge in [0.15, 0.2) is 0 Å². The van der Waals surface area contributed by atoms with Crippen molar-refractivity contribution < 1.29 is 0 Å². The summed E-state index contributed by atoms with van der Waals surface area (Å²) in [5.74, 6) is 0.592. The Morgan fingerprint density at radius 2 is 1.82 bits per heavy atom. The fraction of sp³-hybridized carbons (Fsp3) is 1.00. The predicted octanol–water partition coefficient (Wildman–Crippen LogP) is 3.56. The molecule has 0 rings (SSSR count). The largest absolute Gasteiger partial charge is 0.327 e. The van der Waals surface area contributed by atoms with E-state index in [9.17, 15) is 0 Å². The maximum atomic E-state index is 6.02. The molecule has 0 bridgehead atoms. The van der Waals surface area contributed by atoms with Gasteiger partial charge in [-0.05, 0) is 30.7 Å². The second kappa shape index (κ2) is 8.93. The van der Waals surface area contributed by atoms with Crippen LogP contribution in [-0.4, -0.2) is 19.1 Å². The van der Waals surface area contributed by atoms with Crippen molar-refractivity contribution in [2.45, 2.75) is 72.8 Å². The molecule has 17 heavy (non-hydrogen) atoms. The molecule has 0 aliphatic heterocycles. The fourth-order valence-electron chi connectivity index (χ4n) is 1.97. The highest BCUT2D eigenvalue weighted by molar-refractivity contribution is 4.73. The van der Waals surface area contributed by atoms with Gasteiger partial charge in [0, 0.05) is 12.6 Å². The molecule has 0 aliphatic rings. The quantitative estimate of drug-likeness (QED) is 0.575. The normalized spacial score (nSPS) is 14.3. The van der Waals surface area contributed by atoms with Gasteiger partial charge in [-0.25, -0.2) is 0 Å². The Balaban J connectivity index is 3.58. The number of hydrogen-bond acceptors (Lipinski definition) is 2. The lowest BCUT2D eigenvalue weighted by Crippen LogP contribution is -2.35. The highest BCUT2D eigenvalue weighted by atomic mass is 14.9. The summed E-state index contributed by atoms with van der Waals surface area (Å²) in [5.41, 5.74) is 6.45. The molecule has 0 saturated heterocycles. The van der Waals surface area contributed by atoms with Crippen LogP contribution >= 0.6 is 0 Å². The molecule has 0 aliphatic carbocycles. The van der Waals surface area contributed by atoms with E-state index in [4.69, 9.17) is 5.73 Å². The van der Waals surface area contributed by atoms with Gasteiger partial charge >= 0.3 is 0 Å². The Morgan fingerprint density at radius 1 is 1.18 bits per heavy atom. The van der Waals surface area contributed by atoms with Crippen LogP contribution in [0.15, 0.2) is 0 Å². The lowest BCUT2D eigenvalue weighted by atomic mass is 9.87. The van der Waals surface area contributed by atoms with Gasteiger partial charge in [-0.1, -0.05) is 53.9 Å². The molecule has 3 N–H and O–H groups in total. The van der Waals surface area contributed by atoms with Crippen LogP contribution in [0.2, 0.25) is 0 Å². The maximum Gasteiger partial charge on any atom is 0.00739 e. The Labute approximate surface area is 109 Å². The molecule has 0 aromatic heterocycles. The molecule has 2 heteroatoms. The van der Waals surface area contributed by atoms with Crippen LogP contribution in [0, 0.1) is 11.3 Å². The van der Waals surface area contributed by atoms with Crippen molar-refractivity contribution in [2.75, 3.05) is 13.1 Å². The molecule has 0 saturated carbocycles. The first-order valence-electron chi connectivity index (χ1n) is 7.35. The molecule has 104 valence electrons. The first-order chi connectivity index (χ1) is 7.89. The number of hydrogen-bond donors (Lipinski definition) is 2. The molecule has 0 amide bonds. The van der Waals surface area contributed by atoms with E-state index in [1.807, 2.05) is 0 Å². The molecule has 0 radical (unpaired) electrons. The molecule has 0 aromatic carbocycles. The molecule has 0 fully saturated rings. The highest BCUT2D eigenvalue weighted by Gasteiger charge is 2.16. The molecule has 0 heterocycles. The van der Waals surface area contributed by atoms with E-state index in [0.29, 0.717) is 17.4 Å². The van der Waals surface area contributed by atoms with Crippen molar-refractivity contribution in [1.82, 2.24) is 5.32 Å². The van der Waals surface area contributed by atoms with Crippen molar-refractivity contribution in [1.29, 1.82) is 0 Å². The van der Waals surface area contributed by atoms with E-state index in [-0.39, 0.29) is 0 Å². The first-order valence-corrected chi connectivity index (χ1v) is 7.35. The van der Waals surface area contributed by atoms with Crippen LogP contribution in [-0.2, 0) is 0 Å². The first kappa shape index (κ1) is 16.9. The van der Waals surface area contributed by atoms with Gasteiger partial charge in [0.25, 0.3) is 0 Å². The summed E-state index contributed by atoms with van der Waals surface area (Å²) in [6.45, 7) is 13.5. The average molecular weight is 242 g/mol. The van der Waals surface area contributed by atoms with Crippen molar-refractivity contribution >= 4 is 0 Å². The predicted molar refractivity (Wildman–Crippen MR) is 78.2 cm³/mol. The third-order valence-electron chi connectivity index (χ3n) is 3.57. The van der Waals surface area contributed by atoms with Gasteiger partial charge in [0.1, 0.15) is 0 Å². The Hall–Kier alpha value is -0.0800. The summed E-state index contributed by atoms with van der Waals surface area (Å²) in [4.78, 5) is 0. The molecular weight excluding hydrogens is 208 g/mol. The van der Waals surface area contributed by atoms with Crippen LogP contribution in [0.4, 0.5) is 0 Å². The second-order valence-electron chi connectivity index (χ2n) is 6.49. The molecule has 0 aromatic rings. The molecular formula is C15H34N2. The van der Waals surface area contributed by atoms with Crippen LogP contribution in [0.25, 0.3) is 0 Å². The van der Waals surface area contributed by atoms with Gasteiger partial charge in [-0.2, -0.15) is 0 Å². The minimum atomic E-state index is 0.339. The van der Waals surface area contributed by atoms with Crippen LogP contribution < -0.4 is 11.1 Å². The summed E-state index contributed by atoms with van der Waals surface area (Å²) >= 11 is 0. The lowest BCUT2D eigenvalue weighted by molar-refractivity contribution is 0.298. The van der Waals surface area contributed by atoms with E-state index >= 15 is 0 Å². The van der Waals surface area contributed by atoms with Crippen LogP contribution in [0.1, 0.15) is 66.7 Å². The van der Waals surface area contributed by atoms with Gasteiger partial charge in [-0.15, -0.1) is 0 Å². The summed E-state index contributed by atoms with van der Waals surface area (Å²) in [7, 11) is 0. The van der Waals surface area contributed by atoms with Crippen LogP contribution in [0.5, 0.6) is 0 Å². The SMILES string of the molecule is CCCCCC(C)(C)CNCCC(N)C(C)C. The molecule has 0 spiro atoms. The van der Waals surface area contributed by atoms with E-state index in [2.05, 4.69) is 39.9 Å².